The van der Waals surface area contributed by atoms with Gasteiger partial charge in [0.15, 0.2) is 0 Å². The molecule has 3 aliphatic rings. The standard InChI is InChI=1S/C24H29N3O3/c1-25-23(29)27(17-18-6-7-19-4-2-3-5-20(19)16-18)22(28)24(25)10-12-26(13-11-24)21-8-14-30-15-9-21/h2-7,16,21H,8-15,17H2,1H3. The number of hydrogen-bond acceptors (Lipinski definition) is 4. The summed E-state index contributed by atoms with van der Waals surface area (Å²) < 4.78 is 5.49. The van der Waals surface area contributed by atoms with E-state index in [2.05, 4.69) is 29.2 Å². The summed E-state index contributed by atoms with van der Waals surface area (Å²) in [5.74, 6) is -0.0326. The number of carbonyl (C=O) groups excluding carboxylic acids is 2. The summed E-state index contributed by atoms with van der Waals surface area (Å²) >= 11 is 0. The molecule has 3 aliphatic heterocycles. The number of nitrogens with zero attached hydrogens (tertiary/aromatic N) is 3. The molecular weight excluding hydrogens is 378 g/mol. The van der Waals surface area contributed by atoms with Crippen molar-refractivity contribution < 1.29 is 14.3 Å². The summed E-state index contributed by atoms with van der Waals surface area (Å²) in [6.07, 6.45) is 3.53. The lowest BCUT2D eigenvalue weighted by atomic mass is 9.85. The smallest absolute Gasteiger partial charge is 0.327 e. The van der Waals surface area contributed by atoms with Crippen LogP contribution in [0.1, 0.15) is 31.2 Å². The molecule has 0 bridgehead atoms. The molecule has 2 aromatic rings. The Morgan fingerprint density at radius 2 is 1.70 bits per heavy atom. The monoisotopic (exact) mass is 407 g/mol. The van der Waals surface area contributed by atoms with Gasteiger partial charge in [-0.25, -0.2) is 4.79 Å². The van der Waals surface area contributed by atoms with Crippen molar-refractivity contribution in [2.24, 2.45) is 0 Å². The van der Waals surface area contributed by atoms with Crippen molar-refractivity contribution in [3.8, 4) is 0 Å². The molecule has 1 spiro atoms. The van der Waals surface area contributed by atoms with Gasteiger partial charge in [0, 0.05) is 39.4 Å². The number of carbonyl (C=O) groups is 2. The Kier molecular flexibility index (Phi) is 4.99. The molecular formula is C24H29N3O3. The van der Waals surface area contributed by atoms with E-state index >= 15 is 0 Å². The maximum absolute atomic E-state index is 13.5. The zero-order valence-corrected chi connectivity index (χ0v) is 17.5. The lowest BCUT2D eigenvalue weighted by Gasteiger charge is -2.44. The van der Waals surface area contributed by atoms with Crippen LogP contribution >= 0.6 is 0 Å². The molecule has 0 aromatic heterocycles. The van der Waals surface area contributed by atoms with Gasteiger partial charge in [0.05, 0.1) is 6.54 Å². The molecule has 0 unspecified atom stereocenters. The normalized spacial score (nSPS) is 23.1. The second-order valence-electron chi connectivity index (χ2n) is 8.83. The van der Waals surface area contributed by atoms with E-state index in [0.29, 0.717) is 25.4 Å². The quantitative estimate of drug-likeness (QED) is 0.733. The Labute approximate surface area is 177 Å². The van der Waals surface area contributed by atoms with Crippen molar-refractivity contribution >= 4 is 22.7 Å². The van der Waals surface area contributed by atoms with Crippen LogP contribution in [0.25, 0.3) is 10.8 Å². The summed E-state index contributed by atoms with van der Waals surface area (Å²) in [5.41, 5.74) is 0.302. The molecule has 0 saturated carbocycles. The predicted molar refractivity (Wildman–Crippen MR) is 115 cm³/mol. The first-order chi connectivity index (χ1) is 14.6. The zero-order valence-electron chi connectivity index (χ0n) is 17.5. The van der Waals surface area contributed by atoms with Gasteiger partial charge in [-0.2, -0.15) is 0 Å². The summed E-state index contributed by atoms with van der Waals surface area (Å²) in [6, 6.07) is 14.7. The van der Waals surface area contributed by atoms with Crippen LogP contribution in [0.2, 0.25) is 0 Å². The summed E-state index contributed by atoms with van der Waals surface area (Å²) in [4.78, 5) is 32.2. The van der Waals surface area contributed by atoms with Crippen molar-refractivity contribution in [2.75, 3.05) is 33.4 Å². The number of rotatable bonds is 3. The minimum Gasteiger partial charge on any atom is -0.381 e. The maximum atomic E-state index is 13.5. The number of fused-ring (bicyclic) bond motifs is 1. The highest BCUT2D eigenvalue weighted by Gasteiger charge is 2.56. The van der Waals surface area contributed by atoms with E-state index in [1.54, 1.807) is 11.9 Å². The topological polar surface area (TPSA) is 53.1 Å². The lowest BCUT2D eigenvalue weighted by Crippen LogP contribution is -2.57. The lowest BCUT2D eigenvalue weighted by molar-refractivity contribution is -0.136. The summed E-state index contributed by atoms with van der Waals surface area (Å²) in [6.45, 7) is 3.69. The number of hydrogen-bond donors (Lipinski definition) is 0. The predicted octanol–water partition coefficient (Wildman–Crippen LogP) is 3.25. The molecule has 0 radical (unpaired) electrons. The van der Waals surface area contributed by atoms with Gasteiger partial charge >= 0.3 is 6.03 Å². The highest BCUT2D eigenvalue weighted by atomic mass is 16.5. The maximum Gasteiger partial charge on any atom is 0.327 e. The van der Waals surface area contributed by atoms with Gasteiger partial charge < -0.3 is 14.5 Å². The third-order valence-corrected chi connectivity index (χ3v) is 7.29. The fourth-order valence-corrected chi connectivity index (χ4v) is 5.36. The number of piperidine rings is 1. The first-order valence-electron chi connectivity index (χ1n) is 11.0. The zero-order chi connectivity index (χ0) is 20.7. The van der Waals surface area contributed by atoms with Gasteiger partial charge in [-0.15, -0.1) is 0 Å². The SMILES string of the molecule is CN1C(=O)N(Cc2ccc3ccccc3c2)C(=O)C12CCN(C1CCOCC1)CC2. The Morgan fingerprint density at radius 3 is 2.43 bits per heavy atom. The van der Waals surface area contributed by atoms with Crippen molar-refractivity contribution in [3.63, 3.8) is 0 Å². The molecule has 6 nitrogen and oxygen atoms in total. The number of imide groups is 1. The summed E-state index contributed by atoms with van der Waals surface area (Å²) in [7, 11) is 1.80. The highest BCUT2D eigenvalue weighted by Crippen LogP contribution is 2.38. The summed E-state index contributed by atoms with van der Waals surface area (Å²) in [5, 5.41) is 2.29. The number of ether oxygens (including phenoxy) is 1. The average molecular weight is 408 g/mol. The molecule has 158 valence electrons. The van der Waals surface area contributed by atoms with Gasteiger partial charge in [0.25, 0.3) is 5.91 Å². The second kappa shape index (κ2) is 7.67. The van der Waals surface area contributed by atoms with Crippen molar-refractivity contribution in [2.45, 2.75) is 43.8 Å². The van der Waals surface area contributed by atoms with Crippen LogP contribution in [-0.4, -0.2) is 71.6 Å². The number of amides is 3. The molecule has 2 aromatic carbocycles. The fourth-order valence-electron chi connectivity index (χ4n) is 5.36. The minimum absolute atomic E-state index is 0.0326. The molecule has 5 rings (SSSR count). The first kappa shape index (κ1) is 19.5. The highest BCUT2D eigenvalue weighted by molar-refractivity contribution is 6.07. The van der Waals surface area contributed by atoms with E-state index in [1.165, 1.54) is 4.90 Å². The largest absolute Gasteiger partial charge is 0.381 e. The van der Waals surface area contributed by atoms with Crippen LogP contribution in [0.15, 0.2) is 42.5 Å². The van der Waals surface area contributed by atoms with Crippen LogP contribution in [0.5, 0.6) is 0 Å². The minimum atomic E-state index is -0.685. The van der Waals surface area contributed by atoms with Gasteiger partial charge in [0.1, 0.15) is 5.54 Å². The van der Waals surface area contributed by atoms with Crippen molar-refractivity contribution in [3.05, 3.63) is 48.0 Å². The fraction of sp³-hybridized carbons (Fsp3) is 0.500. The van der Waals surface area contributed by atoms with Crippen LogP contribution in [0, 0.1) is 0 Å². The number of likely N-dealkylation sites (tertiary alicyclic amines) is 1. The number of urea groups is 1. The van der Waals surface area contributed by atoms with E-state index in [9.17, 15) is 9.59 Å². The Bertz CT molecular complexity index is 961. The molecule has 0 aliphatic carbocycles. The molecule has 0 N–H and O–H groups in total. The Hall–Kier alpha value is -2.44. The molecule has 3 fully saturated rings. The van der Waals surface area contributed by atoms with E-state index in [0.717, 1.165) is 55.5 Å². The van der Waals surface area contributed by atoms with E-state index < -0.39 is 5.54 Å². The van der Waals surface area contributed by atoms with Crippen molar-refractivity contribution in [1.82, 2.24) is 14.7 Å². The average Bonchev–Trinajstić information content (AvgIpc) is 2.96. The van der Waals surface area contributed by atoms with E-state index in [-0.39, 0.29) is 11.9 Å². The molecule has 6 heteroatoms. The molecule has 0 atom stereocenters. The van der Waals surface area contributed by atoms with Crippen molar-refractivity contribution in [1.29, 1.82) is 0 Å². The van der Waals surface area contributed by atoms with Gasteiger partial charge in [-0.1, -0.05) is 36.4 Å². The molecule has 3 heterocycles. The van der Waals surface area contributed by atoms with E-state index in [1.807, 2.05) is 18.2 Å². The third kappa shape index (κ3) is 3.19. The third-order valence-electron chi connectivity index (χ3n) is 7.29. The van der Waals surface area contributed by atoms with Crippen LogP contribution in [0.4, 0.5) is 4.79 Å². The van der Waals surface area contributed by atoms with Gasteiger partial charge in [0.2, 0.25) is 0 Å². The van der Waals surface area contributed by atoms with Gasteiger partial charge in [-0.05, 0) is 48.1 Å². The number of benzene rings is 2. The molecule has 3 saturated heterocycles. The van der Waals surface area contributed by atoms with Crippen LogP contribution in [-0.2, 0) is 16.1 Å². The van der Waals surface area contributed by atoms with E-state index in [4.69, 9.17) is 4.74 Å². The van der Waals surface area contributed by atoms with Gasteiger partial charge in [-0.3, -0.25) is 9.69 Å². The Balaban J connectivity index is 1.32. The molecule has 3 amide bonds. The first-order valence-corrected chi connectivity index (χ1v) is 11.0. The van der Waals surface area contributed by atoms with Crippen LogP contribution in [0.3, 0.4) is 0 Å². The van der Waals surface area contributed by atoms with Crippen LogP contribution < -0.4 is 0 Å². The second-order valence-corrected chi connectivity index (χ2v) is 8.83. The number of likely N-dealkylation sites (N-methyl/N-ethyl adjacent to an activating group) is 1. The Morgan fingerprint density at radius 1 is 1.00 bits per heavy atom. The molecule has 30 heavy (non-hydrogen) atoms.